The maximum atomic E-state index is 11.0. The molecule has 0 saturated carbocycles. The standard InChI is InChI=1S/C15H10BrNO2S2/c16-12-1-2-14(11(5-12)6-18)19-7-13-9-21-15(17-13)10-3-4-20-8-10/h1-6,8-9H,7H2. The molecule has 0 aliphatic heterocycles. The van der Waals surface area contributed by atoms with Crippen LogP contribution in [0.3, 0.4) is 0 Å². The Labute approximate surface area is 138 Å². The van der Waals surface area contributed by atoms with Gasteiger partial charge in [0, 0.05) is 20.8 Å². The molecular formula is C15H10BrNO2S2. The highest BCUT2D eigenvalue weighted by Crippen LogP contribution is 2.27. The highest BCUT2D eigenvalue weighted by Gasteiger charge is 2.08. The van der Waals surface area contributed by atoms with Gasteiger partial charge in [0.2, 0.25) is 0 Å². The molecule has 0 aliphatic rings. The Morgan fingerprint density at radius 2 is 2.19 bits per heavy atom. The average molecular weight is 380 g/mol. The lowest BCUT2D eigenvalue weighted by atomic mass is 10.2. The lowest BCUT2D eigenvalue weighted by Gasteiger charge is -2.07. The zero-order valence-corrected chi connectivity index (χ0v) is 14.0. The van der Waals surface area contributed by atoms with Crippen LogP contribution in [0.1, 0.15) is 16.1 Å². The number of aromatic nitrogens is 1. The van der Waals surface area contributed by atoms with Gasteiger partial charge < -0.3 is 4.74 Å². The lowest BCUT2D eigenvalue weighted by molar-refractivity contribution is 0.111. The molecule has 106 valence electrons. The van der Waals surface area contributed by atoms with Gasteiger partial charge in [-0.1, -0.05) is 15.9 Å². The number of hydrogen-bond acceptors (Lipinski definition) is 5. The fraction of sp³-hybridized carbons (Fsp3) is 0.0667. The quantitative estimate of drug-likeness (QED) is 0.583. The first-order chi connectivity index (χ1) is 10.3. The van der Waals surface area contributed by atoms with Gasteiger partial charge in [0.05, 0.1) is 11.3 Å². The number of rotatable bonds is 5. The third kappa shape index (κ3) is 3.40. The summed E-state index contributed by atoms with van der Waals surface area (Å²) in [6.07, 6.45) is 0.790. The van der Waals surface area contributed by atoms with Crippen LogP contribution in [0.4, 0.5) is 0 Å². The molecule has 3 nitrogen and oxygen atoms in total. The van der Waals surface area contributed by atoms with E-state index in [-0.39, 0.29) is 0 Å². The van der Waals surface area contributed by atoms with Gasteiger partial charge in [0.1, 0.15) is 17.4 Å². The minimum absolute atomic E-state index is 0.350. The largest absolute Gasteiger partial charge is 0.487 e. The number of ether oxygens (including phenoxy) is 1. The SMILES string of the molecule is O=Cc1cc(Br)ccc1OCc1csc(-c2ccsc2)n1. The summed E-state index contributed by atoms with van der Waals surface area (Å²) in [4.78, 5) is 15.6. The number of carbonyl (C=O) groups excluding carboxylic acids is 1. The number of thiazole rings is 1. The van der Waals surface area contributed by atoms with E-state index in [1.807, 2.05) is 22.9 Å². The first-order valence-electron chi connectivity index (χ1n) is 6.11. The molecule has 0 amide bonds. The number of halogens is 1. The Kier molecular flexibility index (Phi) is 4.48. The van der Waals surface area contributed by atoms with Crippen molar-refractivity contribution in [2.75, 3.05) is 0 Å². The summed E-state index contributed by atoms with van der Waals surface area (Å²) in [7, 11) is 0. The maximum absolute atomic E-state index is 11.0. The summed E-state index contributed by atoms with van der Waals surface area (Å²) in [6.45, 7) is 0.350. The molecule has 2 heterocycles. The highest BCUT2D eigenvalue weighted by atomic mass is 79.9. The Hall–Kier alpha value is -1.50. The predicted molar refractivity (Wildman–Crippen MR) is 89.3 cm³/mol. The molecule has 0 fully saturated rings. The summed E-state index contributed by atoms with van der Waals surface area (Å²) in [5, 5.41) is 7.07. The maximum Gasteiger partial charge on any atom is 0.153 e. The van der Waals surface area contributed by atoms with Gasteiger partial charge in [0.15, 0.2) is 6.29 Å². The van der Waals surface area contributed by atoms with Gasteiger partial charge >= 0.3 is 0 Å². The van der Waals surface area contributed by atoms with E-state index in [0.717, 1.165) is 27.0 Å². The van der Waals surface area contributed by atoms with Crippen molar-refractivity contribution in [1.29, 1.82) is 0 Å². The smallest absolute Gasteiger partial charge is 0.153 e. The molecular weight excluding hydrogens is 370 g/mol. The second kappa shape index (κ2) is 6.51. The summed E-state index contributed by atoms with van der Waals surface area (Å²) < 4.78 is 6.55. The van der Waals surface area contributed by atoms with Crippen LogP contribution in [0.25, 0.3) is 10.6 Å². The van der Waals surface area contributed by atoms with E-state index in [9.17, 15) is 4.79 Å². The number of nitrogens with zero attached hydrogens (tertiary/aromatic N) is 1. The second-order valence-corrected chi connectivity index (χ2v) is 6.80. The molecule has 0 atom stereocenters. The van der Waals surface area contributed by atoms with Crippen molar-refractivity contribution in [2.45, 2.75) is 6.61 Å². The molecule has 6 heteroatoms. The van der Waals surface area contributed by atoms with Crippen molar-refractivity contribution in [3.63, 3.8) is 0 Å². The van der Waals surface area contributed by atoms with Crippen molar-refractivity contribution in [1.82, 2.24) is 4.98 Å². The van der Waals surface area contributed by atoms with Crippen molar-refractivity contribution in [3.05, 3.63) is 56.1 Å². The molecule has 21 heavy (non-hydrogen) atoms. The Morgan fingerprint density at radius 1 is 1.29 bits per heavy atom. The van der Waals surface area contributed by atoms with Crippen LogP contribution in [-0.2, 0) is 6.61 Å². The topological polar surface area (TPSA) is 39.2 Å². The van der Waals surface area contributed by atoms with Gasteiger partial charge in [-0.15, -0.1) is 11.3 Å². The van der Waals surface area contributed by atoms with E-state index in [0.29, 0.717) is 17.9 Å². The van der Waals surface area contributed by atoms with Crippen LogP contribution in [0.15, 0.2) is 44.9 Å². The Morgan fingerprint density at radius 3 is 2.95 bits per heavy atom. The van der Waals surface area contributed by atoms with E-state index in [2.05, 4.69) is 26.3 Å². The molecule has 0 bridgehead atoms. The summed E-state index contributed by atoms with van der Waals surface area (Å²) in [5.41, 5.74) is 2.52. The Balaban J connectivity index is 1.72. The van der Waals surface area contributed by atoms with E-state index >= 15 is 0 Å². The molecule has 0 radical (unpaired) electrons. The fourth-order valence-electron chi connectivity index (χ4n) is 1.79. The number of thiophene rings is 1. The first-order valence-corrected chi connectivity index (χ1v) is 8.72. The number of benzene rings is 1. The molecule has 0 aliphatic carbocycles. The monoisotopic (exact) mass is 379 g/mol. The second-order valence-electron chi connectivity index (χ2n) is 4.24. The minimum atomic E-state index is 0.350. The Bertz CT molecular complexity index is 753. The molecule has 0 N–H and O–H groups in total. The lowest BCUT2D eigenvalue weighted by Crippen LogP contribution is -1.98. The van der Waals surface area contributed by atoms with Gasteiger partial charge in [-0.25, -0.2) is 4.98 Å². The van der Waals surface area contributed by atoms with Crippen LogP contribution in [0.2, 0.25) is 0 Å². The average Bonchev–Trinajstić information content (AvgIpc) is 3.16. The van der Waals surface area contributed by atoms with Gasteiger partial charge in [-0.05, 0) is 29.6 Å². The molecule has 3 aromatic rings. The molecule has 3 rings (SSSR count). The molecule has 2 aromatic heterocycles. The van der Waals surface area contributed by atoms with E-state index in [1.165, 1.54) is 0 Å². The number of hydrogen-bond donors (Lipinski definition) is 0. The van der Waals surface area contributed by atoms with Crippen LogP contribution >= 0.6 is 38.6 Å². The minimum Gasteiger partial charge on any atom is -0.487 e. The third-order valence-electron chi connectivity index (χ3n) is 2.79. The van der Waals surface area contributed by atoms with Gasteiger partial charge in [-0.2, -0.15) is 11.3 Å². The number of carbonyl (C=O) groups is 1. The summed E-state index contributed by atoms with van der Waals surface area (Å²) >= 11 is 6.58. The molecule has 0 spiro atoms. The fourth-order valence-corrected chi connectivity index (χ4v) is 3.68. The van der Waals surface area contributed by atoms with E-state index < -0.39 is 0 Å². The van der Waals surface area contributed by atoms with E-state index in [1.54, 1.807) is 34.8 Å². The normalized spacial score (nSPS) is 10.5. The van der Waals surface area contributed by atoms with Crippen LogP contribution in [-0.4, -0.2) is 11.3 Å². The van der Waals surface area contributed by atoms with Crippen molar-refractivity contribution < 1.29 is 9.53 Å². The molecule has 0 unspecified atom stereocenters. The third-order valence-corrected chi connectivity index (χ3v) is 4.91. The van der Waals surface area contributed by atoms with Gasteiger partial charge in [-0.3, -0.25) is 4.79 Å². The van der Waals surface area contributed by atoms with Crippen LogP contribution < -0.4 is 4.74 Å². The highest BCUT2D eigenvalue weighted by molar-refractivity contribution is 9.10. The molecule has 1 aromatic carbocycles. The van der Waals surface area contributed by atoms with Gasteiger partial charge in [0.25, 0.3) is 0 Å². The zero-order chi connectivity index (χ0) is 14.7. The first kappa shape index (κ1) is 14.4. The van der Waals surface area contributed by atoms with Crippen molar-refractivity contribution >= 4 is 44.9 Å². The molecule has 0 saturated heterocycles. The summed E-state index contributed by atoms with van der Waals surface area (Å²) in [6, 6.07) is 7.41. The van der Waals surface area contributed by atoms with Crippen molar-refractivity contribution in [3.8, 4) is 16.3 Å². The van der Waals surface area contributed by atoms with E-state index in [4.69, 9.17) is 4.74 Å². The predicted octanol–water partition coefficient (Wildman–Crippen LogP) is 5.03. The van der Waals surface area contributed by atoms with Crippen LogP contribution in [0, 0.1) is 0 Å². The van der Waals surface area contributed by atoms with Crippen LogP contribution in [0.5, 0.6) is 5.75 Å². The zero-order valence-electron chi connectivity index (χ0n) is 10.8. The van der Waals surface area contributed by atoms with Crippen molar-refractivity contribution in [2.24, 2.45) is 0 Å². The number of aldehydes is 1. The summed E-state index contributed by atoms with van der Waals surface area (Å²) in [5.74, 6) is 0.568.